The van der Waals surface area contributed by atoms with E-state index in [0.29, 0.717) is 30.2 Å². The SMILES string of the molecule is [B]c1cc(C#N)c(C(F)(F)F)c([B])c1N(C=O)C(=S)N(c1c([B])c([B])c(C(=O)NC)c(F)c1[B])C1(C)CCC1. The Balaban J connectivity index is 2.34. The van der Waals surface area contributed by atoms with Crippen LogP contribution in [0.2, 0.25) is 0 Å². The Kier molecular flexibility index (Phi) is 8.37. The number of halogens is 4. The van der Waals surface area contributed by atoms with Gasteiger partial charge in [-0.2, -0.15) is 18.4 Å². The first-order chi connectivity index (χ1) is 18.1. The summed E-state index contributed by atoms with van der Waals surface area (Å²) in [6.45, 7) is 1.68. The van der Waals surface area contributed by atoms with Crippen LogP contribution in [-0.2, 0) is 11.0 Å². The van der Waals surface area contributed by atoms with Crippen molar-refractivity contribution in [1.29, 1.82) is 5.26 Å². The Morgan fingerprint density at radius 2 is 1.72 bits per heavy atom. The predicted octanol–water partition coefficient (Wildman–Crippen LogP) is -1.26. The van der Waals surface area contributed by atoms with E-state index in [9.17, 15) is 28.0 Å². The van der Waals surface area contributed by atoms with Crippen molar-refractivity contribution in [2.24, 2.45) is 0 Å². The third-order valence-electron chi connectivity index (χ3n) is 6.69. The van der Waals surface area contributed by atoms with Crippen molar-refractivity contribution in [2.75, 3.05) is 16.8 Å². The third-order valence-corrected chi connectivity index (χ3v) is 7.07. The number of hydrogen-bond donors (Lipinski definition) is 1. The number of anilines is 2. The lowest BCUT2D eigenvalue weighted by Gasteiger charge is -2.51. The van der Waals surface area contributed by atoms with Crippen LogP contribution < -0.4 is 42.4 Å². The lowest BCUT2D eigenvalue weighted by atomic mass is 9.69. The molecule has 188 valence electrons. The maximum absolute atomic E-state index is 15.4. The molecule has 1 fully saturated rings. The maximum atomic E-state index is 15.4. The topological polar surface area (TPSA) is 76.4 Å². The maximum Gasteiger partial charge on any atom is 0.417 e. The van der Waals surface area contributed by atoms with Gasteiger partial charge in [0.05, 0.1) is 22.8 Å². The Bertz CT molecular complexity index is 1410. The summed E-state index contributed by atoms with van der Waals surface area (Å²) in [6.07, 6.45) is -3.51. The molecule has 6 nitrogen and oxygen atoms in total. The number of alkyl halides is 3. The number of thiocarbonyl (C=S) groups is 1. The van der Waals surface area contributed by atoms with Crippen molar-refractivity contribution < 1.29 is 27.2 Å². The number of amides is 2. The monoisotopic (exact) mass is 542 g/mol. The van der Waals surface area contributed by atoms with Crippen molar-refractivity contribution in [3.05, 3.63) is 28.6 Å². The number of nitrogens with one attached hydrogen (secondary N) is 1. The van der Waals surface area contributed by atoms with Gasteiger partial charge in [0.15, 0.2) is 5.11 Å². The number of nitrogens with zero attached hydrogens (tertiary/aromatic N) is 3. The fourth-order valence-corrected chi connectivity index (χ4v) is 4.99. The number of hydrogen-bond acceptors (Lipinski definition) is 4. The van der Waals surface area contributed by atoms with E-state index in [1.807, 2.05) is 0 Å². The van der Waals surface area contributed by atoms with Crippen molar-refractivity contribution in [3.8, 4) is 6.07 Å². The summed E-state index contributed by atoms with van der Waals surface area (Å²) in [5.41, 5.74) is -7.88. The molecule has 10 radical (unpaired) electrons. The molecule has 0 aliphatic heterocycles. The fourth-order valence-electron chi connectivity index (χ4n) is 4.54. The molecule has 1 saturated carbocycles. The highest BCUT2D eigenvalue weighted by molar-refractivity contribution is 7.81. The first-order valence-electron chi connectivity index (χ1n) is 11.2. The van der Waals surface area contributed by atoms with Crippen molar-refractivity contribution >= 4 is 108 Å². The van der Waals surface area contributed by atoms with Crippen LogP contribution in [0.25, 0.3) is 0 Å². The van der Waals surface area contributed by atoms with Gasteiger partial charge in [0.2, 0.25) is 6.41 Å². The average Bonchev–Trinajstić information content (AvgIpc) is 2.84. The second kappa shape index (κ2) is 10.8. The van der Waals surface area contributed by atoms with Crippen molar-refractivity contribution in [3.63, 3.8) is 0 Å². The van der Waals surface area contributed by atoms with Crippen molar-refractivity contribution in [2.45, 2.75) is 37.9 Å². The Labute approximate surface area is 234 Å². The quantitative estimate of drug-likeness (QED) is 0.222. The summed E-state index contributed by atoms with van der Waals surface area (Å²) in [6, 6.07) is 2.09. The standard InChI is InChI=1S/C23H15B5F4N4O2S/c1-22(4-3-5-22)36(19-15(27)13(25)11(20(38)34-2)17(29)16(19)28)21(39)35(8-37)18-10(24)6-9(7-33)12(14(18)26)23(30,31)32/h6,8H,3-5H2,1-2H3,(H,34,38). The molecule has 1 N–H and O–H groups in total. The Morgan fingerprint density at radius 3 is 2.15 bits per heavy atom. The molecule has 0 saturated heterocycles. The lowest BCUT2D eigenvalue weighted by Crippen LogP contribution is -2.62. The number of carbonyl (C=O) groups excluding carboxylic acids is 2. The highest BCUT2D eigenvalue weighted by atomic mass is 32.1. The van der Waals surface area contributed by atoms with Gasteiger partial charge in [-0.15, -0.1) is 0 Å². The Morgan fingerprint density at radius 1 is 1.13 bits per heavy atom. The number of carbonyl (C=O) groups is 2. The van der Waals surface area contributed by atoms with Crippen LogP contribution in [0.1, 0.15) is 47.7 Å². The van der Waals surface area contributed by atoms with Gasteiger partial charge in [0.1, 0.15) is 45.0 Å². The zero-order valence-electron chi connectivity index (χ0n) is 20.7. The summed E-state index contributed by atoms with van der Waals surface area (Å²) in [4.78, 5) is 26.4. The minimum absolute atomic E-state index is 0.0661. The van der Waals surface area contributed by atoms with Crippen LogP contribution in [0.3, 0.4) is 0 Å². The zero-order chi connectivity index (χ0) is 29.6. The van der Waals surface area contributed by atoms with Crippen LogP contribution in [0.15, 0.2) is 6.07 Å². The van der Waals surface area contributed by atoms with Gasteiger partial charge >= 0.3 is 6.18 Å². The normalized spacial score (nSPS) is 14.1. The molecule has 1 aliphatic rings. The molecule has 0 bridgehead atoms. The lowest BCUT2D eigenvalue weighted by molar-refractivity contribution is -0.136. The van der Waals surface area contributed by atoms with Gasteiger partial charge < -0.3 is 10.2 Å². The van der Waals surface area contributed by atoms with Gasteiger partial charge in [-0.1, -0.05) is 21.9 Å². The molecule has 2 aromatic carbocycles. The van der Waals surface area contributed by atoms with E-state index < -0.39 is 72.8 Å². The molecule has 0 aromatic heterocycles. The largest absolute Gasteiger partial charge is 0.417 e. The van der Waals surface area contributed by atoms with Crippen LogP contribution in [0, 0.1) is 17.1 Å². The molecule has 39 heavy (non-hydrogen) atoms. The summed E-state index contributed by atoms with van der Waals surface area (Å²) >= 11 is 5.55. The third kappa shape index (κ3) is 4.97. The summed E-state index contributed by atoms with van der Waals surface area (Å²) < 4.78 is 56.9. The second-order valence-electron chi connectivity index (χ2n) is 9.06. The molecule has 0 atom stereocenters. The summed E-state index contributed by atoms with van der Waals surface area (Å²) in [7, 11) is 31.3. The number of benzene rings is 2. The van der Waals surface area contributed by atoms with E-state index in [0.717, 1.165) is 0 Å². The van der Waals surface area contributed by atoms with Gasteiger partial charge in [0, 0.05) is 24.0 Å². The average molecular weight is 542 g/mol. The van der Waals surface area contributed by atoms with Crippen LogP contribution in [0.5, 0.6) is 0 Å². The van der Waals surface area contributed by atoms with E-state index in [-0.39, 0.29) is 17.6 Å². The van der Waals surface area contributed by atoms with E-state index >= 15 is 4.39 Å². The molecule has 1 aliphatic carbocycles. The van der Waals surface area contributed by atoms with Gasteiger partial charge in [0.25, 0.3) is 5.91 Å². The molecule has 0 heterocycles. The number of nitriles is 1. The molecule has 2 amide bonds. The van der Waals surface area contributed by atoms with Crippen LogP contribution in [0.4, 0.5) is 28.9 Å². The van der Waals surface area contributed by atoms with Crippen LogP contribution in [-0.4, -0.2) is 69.2 Å². The first-order valence-corrected chi connectivity index (χ1v) is 11.6. The molecular formula is C23H15B5F4N4O2S. The molecule has 0 unspecified atom stereocenters. The second-order valence-corrected chi connectivity index (χ2v) is 9.43. The number of rotatable bonds is 5. The molecule has 3 rings (SSSR count). The molecular weight excluding hydrogens is 526 g/mol. The molecule has 2 aromatic rings. The van der Waals surface area contributed by atoms with Gasteiger partial charge in [-0.05, 0) is 49.9 Å². The van der Waals surface area contributed by atoms with E-state index in [1.54, 1.807) is 6.92 Å². The van der Waals surface area contributed by atoms with E-state index in [4.69, 9.17) is 51.4 Å². The first kappa shape index (κ1) is 30.3. The van der Waals surface area contributed by atoms with Crippen LogP contribution >= 0.6 is 12.2 Å². The highest BCUT2D eigenvalue weighted by Gasteiger charge is 2.44. The smallest absolute Gasteiger partial charge is 0.355 e. The summed E-state index contributed by atoms with van der Waals surface area (Å²) in [5.74, 6) is -2.13. The van der Waals surface area contributed by atoms with E-state index in [1.165, 1.54) is 18.0 Å². The van der Waals surface area contributed by atoms with Crippen molar-refractivity contribution in [1.82, 2.24) is 5.32 Å². The summed E-state index contributed by atoms with van der Waals surface area (Å²) in [5, 5.41) is 10.9. The zero-order valence-corrected chi connectivity index (χ0v) is 21.6. The van der Waals surface area contributed by atoms with Gasteiger partial charge in [-0.25, -0.2) is 4.39 Å². The minimum Gasteiger partial charge on any atom is -0.355 e. The molecule has 16 heteroatoms. The molecule has 0 spiro atoms. The van der Waals surface area contributed by atoms with Gasteiger partial charge in [-0.3, -0.25) is 14.5 Å². The minimum atomic E-state index is -5.09. The fraction of sp³-hybridized carbons (Fsp3) is 0.304. The van der Waals surface area contributed by atoms with E-state index in [2.05, 4.69) is 5.32 Å². The highest BCUT2D eigenvalue weighted by Crippen LogP contribution is 2.40. The Hall–Kier alpha value is -3.20. The predicted molar refractivity (Wildman–Crippen MR) is 149 cm³/mol.